The zero-order valence-corrected chi connectivity index (χ0v) is 22.6. The molecule has 4 rings (SSSR count). The highest BCUT2D eigenvalue weighted by molar-refractivity contribution is 5.38. The average molecular weight is 444 g/mol. The van der Waals surface area contributed by atoms with Crippen LogP contribution in [-0.2, 0) is 0 Å². The topological polar surface area (TPSA) is 46.2 Å². The fraction of sp³-hybridized carbons (Fsp3) is 0.933. The molecular formula is C30H53NO. The molecule has 3 N–H and O–H groups in total. The maximum Gasteiger partial charge on any atom is 0.0591 e. The van der Waals surface area contributed by atoms with Crippen LogP contribution in [0.15, 0.2) is 11.1 Å². The first kappa shape index (κ1) is 24.8. The van der Waals surface area contributed by atoms with Crippen LogP contribution in [-0.4, -0.2) is 16.7 Å². The lowest BCUT2D eigenvalue weighted by Gasteiger charge is -2.62. The van der Waals surface area contributed by atoms with E-state index in [9.17, 15) is 5.11 Å². The number of allylic oxidation sites excluding steroid dienone is 2. The molecule has 2 saturated carbocycles. The fourth-order valence-electron chi connectivity index (χ4n) is 9.73. The van der Waals surface area contributed by atoms with Gasteiger partial charge in [0, 0.05) is 6.04 Å². The highest BCUT2D eigenvalue weighted by Crippen LogP contribution is 2.72. The van der Waals surface area contributed by atoms with Crippen molar-refractivity contribution in [3.63, 3.8) is 0 Å². The lowest BCUT2D eigenvalue weighted by atomic mass is 9.43. The summed E-state index contributed by atoms with van der Waals surface area (Å²) in [6.45, 7) is 19.3. The van der Waals surface area contributed by atoms with E-state index in [0.29, 0.717) is 22.3 Å². The van der Waals surface area contributed by atoms with Crippen molar-refractivity contribution in [1.29, 1.82) is 0 Å². The van der Waals surface area contributed by atoms with E-state index >= 15 is 0 Å². The first-order chi connectivity index (χ1) is 14.7. The van der Waals surface area contributed by atoms with E-state index in [-0.39, 0.29) is 5.41 Å². The molecule has 184 valence electrons. The number of aliphatic hydroxyl groups is 1. The second-order valence-corrected chi connectivity index (χ2v) is 14.5. The van der Waals surface area contributed by atoms with Gasteiger partial charge in [0.1, 0.15) is 0 Å². The van der Waals surface area contributed by atoms with Crippen LogP contribution in [0.3, 0.4) is 0 Å². The monoisotopic (exact) mass is 443 g/mol. The summed E-state index contributed by atoms with van der Waals surface area (Å²) >= 11 is 0. The van der Waals surface area contributed by atoms with E-state index < -0.39 is 5.60 Å². The minimum atomic E-state index is -0.525. The van der Waals surface area contributed by atoms with Crippen LogP contribution < -0.4 is 5.73 Å². The molecule has 0 aromatic carbocycles. The Morgan fingerprint density at radius 2 is 1.66 bits per heavy atom. The summed E-state index contributed by atoms with van der Waals surface area (Å²) in [5.74, 6) is 2.32. The van der Waals surface area contributed by atoms with Gasteiger partial charge in [0.15, 0.2) is 0 Å². The van der Waals surface area contributed by atoms with E-state index in [0.717, 1.165) is 30.6 Å². The molecule has 2 heteroatoms. The van der Waals surface area contributed by atoms with Gasteiger partial charge >= 0.3 is 0 Å². The Labute approximate surface area is 199 Å². The summed E-state index contributed by atoms with van der Waals surface area (Å²) in [4.78, 5) is 0. The van der Waals surface area contributed by atoms with Gasteiger partial charge < -0.3 is 10.8 Å². The van der Waals surface area contributed by atoms with Gasteiger partial charge in [0.25, 0.3) is 0 Å². The van der Waals surface area contributed by atoms with Crippen molar-refractivity contribution < 1.29 is 5.11 Å². The molecular weight excluding hydrogens is 390 g/mol. The molecule has 0 aliphatic heterocycles. The SMILES string of the molecule is C[C@H](CCCC(C)(C)O)[C@H]1CC[C@@]2(C)C3=C(CC[C@]12C)[C@@]1(C)CC[C@H](N)C(C)(C)[C@@H]1CC3. The second kappa shape index (κ2) is 7.84. The number of hydrogen-bond acceptors (Lipinski definition) is 2. The minimum absolute atomic E-state index is 0.250. The Bertz CT molecular complexity index is 759. The van der Waals surface area contributed by atoms with Gasteiger partial charge in [-0.1, -0.05) is 65.5 Å². The molecule has 4 aliphatic carbocycles. The van der Waals surface area contributed by atoms with Crippen molar-refractivity contribution in [2.24, 2.45) is 45.1 Å². The van der Waals surface area contributed by atoms with Gasteiger partial charge in [-0.15, -0.1) is 0 Å². The quantitative estimate of drug-likeness (QED) is 0.429. The highest BCUT2D eigenvalue weighted by atomic mass is 16.3. The number of hydrogen-bond donors (Lipinski definition) is 2. The first-order valence-electron chi connectivity index (χ1n) is 13.9. The van der Waals surface area contributed by atoms with Gasteiger partial charge in [0.2, 0.25) is 0 Å². The number of nitrogens with two attached hydrogens (primary N) is 1. The van der Waals surface area contributed by atoms with Gasteiger partial charge in [-0.05, 0) is 111 Å². The van der Waals surface area contributed by atoms with Crippen LogP contribution in [0.1, 0.15) is 126 Å². The third-order valence-corrected chi connectivity index (χ3v) is 12.1. The van der Waals surface area contributed by atoms with Crippen molar-refractivity contribution in [1.82, 2.24) is 0 Å². The molecule has 0 aromatic heterocycles. The largest absolute Gasteiger partial charge is 0.390 e. The molecule has 2 fully saturated rings. The van der Waals surface area contributed by atoms with E-state index in [1.165, 1.54) is 57.8 Å². The van der Waals surface area contributed by atoms with Crippen molar-refractivity contribution in [3.05, 3.63) is 11.1 Å². The Hall–Kier alpha value is -0.340. The van der Waals surface area contributed by atoms with Crippen molar-refractivity contribution in [2.45, 2.75) is 138 Å². The summed E-state index contributed by atoms with van der Waals surface area (Å²) in [6, 6.07) is 0.354. The molecule has 0 unspecified atom stereocenters. The predicted molar refractivity (Wildman–Crippen MR) is 136 cm³/mol. The normalized spacial score (nSPS) is 44.6. The fourth-order valence-corrected chi connectivity index (χ4v) is 9.73. The Morgan fingerprint density at radius 3 is 2.31 bits per heavy atom. The Kier molecular flexibility index (Phi) is 6.07. The lowest BCUT2D eigenvalue weighted by Crippen LogP contribution is -2.57. The van der Waals surface area contributed by atoms with Crippen LogP contribution in [0.2, 0.25) is 0 Å². The first-order valence-corrected chi connectivity index (χ1v) is 13.9. The maximum atomic E-state index is 10.2. The van der Waals surface area contributed by atoms with E-state index in [2.05, 4.69) is 41.5 Å². The molecule has 7 atom stereocenters. The summed E-state index contributed by atoms with van der Waals surface area (Å²) in [5.41, 5.74) is 11.3. The average Bonchev–Trinajstić information content (AvgIpc) is 2.96. The Balaban J connectivity index is 1.60. The molecule has 4 aliphatic rings. The molecule has 0 spiro atoms. The molecule has 0 bridgehead atoms. The molecule has 0 heterocycles. The third kappa shape index (κ3) is 3.57. The van der Waals surface area contributed by atoms with Crippen molar-refractivity contribution >= 4 is 0 Å². The molecule has 0 saturated heterocycles. The third-order valence-electron chi connectivity index (χ3n) is 12.1. The summed E-state index contributed by atoms with van der Waals surface area (Å²) in [6.07, 6.45) is 13.9. The standard InChI is InChI=1S/C30H53NO/c1-20(10-9-16-26(2,3)32)21-13-18-30(8)23-11-12-24-27(4,5)25(31)15-17-28(24,6)22(23)14-19-29(21,30)7/h20-21,24-25,32H,9-19,31H2,1-8H3/t20-,21-,24+,25+,28-,29-,30+/m1/s1. The van der Waals surface area contributed by atoms with Crippen LogP contribution in [0.25, 0.3) is 0 Å². The summed E-state index contributed by atoms with van der Waals surface area (Å²) < 4.78 is 0. The van der Waals surface area contributed by atoms with E-state index in [1.54, 1.807) is 0 Å². The van der Waals surface area contributed by atoms with E-state index in [1.807, 2.05) is 25.0 Å². The molecule has 0 radical (unpaired) electrons. The molecule has 0 amide bonds. The lowest BCUT2D eigenvalue weighted by molar-refractivity contribution is -0.0304. The Morgan fingerprint density at radius 1 is 0.969 bits per heavy atom. The van der Waals surface area contributed by atoms with Gasteiger partial charge in [-0.2, -0.15) is 0 Å². The van der Waals surface area contributed by atoms with Crippen LogP contribution in [0.4, 0.5) is 0 Å². The van der Waals surface area contributed by atoms with Crippen molar-refractivity contribution in [2.75, 3.05) is 0 Å². The van der Waals surface area contributed by atoms with Crippen LogP contribution in [0.5, 0.6) is 0 Å². The summed E-state index contributed by atoms with van der Waals surface area (Å²) in [5, 5.41) is 10.2. The molecule has 32 heavy (non-hydrogen) atoms. The highest BCUT2D eigenvalue weighted by Gasteiger charge is 2.63. The molecule has 0 aromatic rings. The van der Waals surface area contributed by atoms with Gasteiger partial charge in [0.05, 0.1) is 5.60 Å². The van der Waals surface area contributed by atoms with Crippen LogP contribution >= 0.6 is 0 Å². The maximum absolute atomic E-state index is 10.2. The summed E-state index contributed by atoms with van der Waals surface area (Å²) in [7, 11) is 0. The van der Waals surface area contributed by atoms with Crippen LogP contribution in [0, 0.1) is 39.4 Å². The zero-order chi connectivity index (χ0) is 23.7. The van der Waals surface area contributed by atoms with Crippen molar-refractivity contribution in [3.8, 4) is 0 Å². The van der Waals surface area contributed by atoms with Gasteiger partial charge in [-0.3, -0.25) is 0 Å². The minimum Gasteiger partial charge on any atom is -0.390 e. The van der Waals surface area contributed by atoms with Gasteiger partial charge in [-0.25, -0.2) is 0 Å². The second-order valence-electron chi connectivity index (χ2n) is 14.5. The number of rotatable bonds is 5. The number of fused-ring (bicyclic) bond motifs is 4. The zero-order valence-electron chi connectivity index (χ0n) is 22.6. The smallest absolute Gasteiger partial charge is 0.0591 e. The van der Waals surface area contributed by atoms with E-state index in [4.69, 9.17) is 5.73 Å². The predicted octanol–water partition coefficient (Wildman–Crippen LogP) is 7.64. The molecule has 2 nitrogen and oxygen atoms in total.